The lowest BCUT2D eigenvalue weighted by Crippen LogP contribution is -2.52. The van der Waals surface area contributed by atoms with E-state index in [1.165, 1.54) is 0 Å². The second-order valence-electron chi connectivity index (χ2n) is 6.99. The van der Waals surface area contributed by atoms with Gasteiger partial charge in [-0.1, -0.05) is 35.5 Å². The molecule has 0 aliphatic carbocycles. The molecule has 1 aliphatic rings. The summed E-state index contributed by atoms with van der Waals surface area (Å²) in [6, 6.07) is 12.0. The van der Waals surface area contributed by atoms with Crippen LogP contribution in [-0.2, 0) is 16.8 Å². The predicted molar refractivity (Wildman–Crippen MR) is 92.6 cm³/mol. The first kappa shape index (κ1) is 16.7. The van der Waals surface area contributed by atoms with Crippen molar-refractivity contribution in [2.45, 2.75) is 32.7 Å². The molecule has 3 rings (SSSR count). The third-order valence-corrected chi connectivity index (χ3v) is 4.75. The van der Waals surface area contributed by atoms with Crippen LogP contribution >= 0.6 is 0 Å². The van der Waals surface area contributed by atoms with Crippen molar-refractivity contribution < 1.29 is 9.32 Å². The molecule has 0 N–H and O–H groups in total. The van der Waals surface area contributed by atoms with Crippen molar-refractivity contribution >= 4 is 5.91 Å². The Labute approximate surface area is 143 Å². The van der Waals surface area contributed by atoms with Crippen molar-refractivity contribution in [1.82, 2.24) is 15.0 Å². The van der Waals surface area contributed by atoms with Gasteiger partial charge in [-0.25, -0.2) is 0 Å². The smallest absolute Gasteiger partial charge is 0.232 e. The molecular formula is C19H25N3O2. The van der Waals surface area contributed by atoms with Gasteiger partial charge in [0.05, 0.1) is 17.7 Å². The second-order valence-corrected chi connectivity index (χ2v) is 6.99. The fourth-order valence-electron chi connectivity index (χ4n) is 3.19. The van der Waals surface area contributed by atoms with E-state index in [0.717, 1.165) is 49.7 Å². The van der Waals surface area contributed by atoms with Crippen LogP contribution in [0.25, 0.3) is 0 Å². The third kappa shape index (κ3) is 3.51. The maximum atomic E-state index is 13.0. The molecule has 128 valence electrons. The third-order valence-electron chi connectivity index (χ3n) is 4.75. The summed E-state index contributed by atoms with van der Waals surface area (Å²) in [5.41, 5.74) is 1.48. The van der Waals surface area contributed by atoms with Crippen LogP contribution in [-0.4, -0.2) is 47.0 Å². The minimum atomic E-state index is -0.495. The molecule has 2 aromatic rings. The summed E-state index contributed by atoms with van der Waals surface area (Å²) in [7, 11) is 0. The largest absolute Gasteiger partial charge is 0.360 e. The molecule has 1 aliphatic heterocycles. The van der Waals surface area contributed by atoms with Crippen molar-refractivity contribution in [3.05, 3.63) is 53.4 Å². The van der Waals surface area contributed by atoms with Gasteiger partial charge in [0.2, 0.25) is 5.91 Å². The summed E-state index contributed by atoms with van der Waals surface area (Å²) < 4.78 is 5.28. The number of nitrogens with zero attached hydrogens (tertiary/aromatic N) is 3. The molecule has 1 fully saturated rings. The van der Waals surface area contributed by atoms with E-state index in [-0.39, 0.29) is 5.91 Å². The van der Waals surface area contributed by atoms with E-state index < -0.39 is 5.41 Å². The Bertz CT molecular complexity index is 686. The SMILES string of the molecule is Cc1cc(CN2CCN(C(=O)C(C)(C)c3ccccc3)CC2)on1. The summed E-state index contributed by atoms with van der Waals surface area (Å²) in [6.07, 6.45) is 0. The maximum Gasteiger partial charge on any atom is 0.232 e. The highest BCUT2D eigenvalue weighted by molar-refractivity contribution is 5.87. The lowest BCUT2D eigenvalue weighted by Gasteiger charge is -2.38. The average molecular weight is 327 g/mol. The van der Waals surface area contributed by atoms with Gasteiger partial charge in [-0.3, -0.25) is 9.69 Å². The highest BCUT2D eigenvalue weighted by Crippen LogP contribution is 2.26. The van der Waals surface area contributed by atoms with Gasteiger partial charge in [-0.2, -0.15) is 0 Å². The van der Waals surface area contributed by atoms with Crippen LogP contribution in [0.1, 0.15) is 30.9 Å². The summed E-state index contributed by atoms with van der Waals surface area (Å²) in [5.74, 6) is 1.08. The topological polar surface area (TPSA) is 49.6 Å². The zero-order chi connectivity index (χ0) is 17.2. The summed E-state index contributed by atoms with van der Waals surface area (Å²) in [5, 5.41) is 3.92. The Kier molecular flexibility index (Phi) is 4.71. The molecule has 0 spiro atoms. The zero-order valence-electron chi connectivity index (χ0n) is 14.7. The minimum absolute atomic E-state index is 0.198. The van der Waals surface area contributed by atoms with E-state index >= 15 is 0 Å². The van der Waals surface area contributed by atoms with Crippen molar-refractivity contribution in [2.24, 2.45) is 0 Å². The Hall–Kier alpha value is -2.14. The monoisotopic (exact) mass is 327 g/mol. The fourth-order valence-corrected chi connectivity index (χ4v) is 3.19. The maximum absolute atomic E-state index is 13.0. The van der Waals surface area contributed by atoms with Gasteiger partial charge < -0.3 is 9.42 Å². The van der Waals surface area contributed by atoms with E-state index in [0.29, 0.717) is 0 Å². The fraction of sp³-hybridized carbons (Fsp3) is 0.474. The van der Waals surface area contributed by atoms with Crippen LogP contribution in [0.2, 0.25) is 0 Å². The molecule has 0 atom stereocenters. The van der Waals surface area contributed by atoms with Gasteiger partial charge in [0.15, 0.2) is 5.76 Å². The molecule has 5 heteroatoms. The number of hydrogen-bond donors (Lipinski definition) is 0. The molecule has 1 aromatic heterocycles. The molecule has 0 radical (unpaired) electrons. The molecule has 1 amide bonds. The van der Waals surface area contributed by atoms with Gasteiger partial charge in [0.1, 0.15) is 0 Å². The molecule has 0 unspecified atom stereocenters. The first-order chi connectivity index (χ1) is 11.5. The number of amides is 1. The van der Waals surface area contributed by atoms with Gasteiger partial charge >= 0.3 is 0 Å². The number of benzene rings is 1. The van der Waals surface area contributed by atoms with Crippen LogP contribution in [0.3, 0.4) is 0 Å². The first-order valence-electron chi connectivity index (χ1n) is 8.46. The van der Waals surface area contributed by atoms with E-state index in [2.05, 4.69) is 10.1 Å². The van der Waals surface area contributed by atoms with E-state index in [1.807, 2.05) is 62.1 Å². The molecule has 0 saturated carbocycles. The standard InChI is InChI=1S/C19H25N3O2/c1-15-13-17(24-20-15)14-21-9-11-22(12-10-21)18(23)19(2,3)16-7-5-4-6-8-16/h4-8,13H,9-12,14H2,1-3H3. The highest BCUT2D eigenvalue weighted by Gasteiger charge is 2.35. The molecule has 1 saturated heterocycles. The van der Waals surface area contributed by atoms with E-state index in [4.69, 9.17) is 4.52 Å². The van der Waals surface area contributed by atoms with Crippen LogP contribution < -0.4 is 0 Å². The number of piperazine rings is 1. The number of aromatic nitrogens is 1. The van der Waals surface area contributed by atoms with Crippen LogP contribution in [0.5, 0.6) is 0 Å². The first-order valence-corrected chi connectivity index (χ1v) is 8.46. The van der Waals surface area contributed by atoms with Crippen LogP contribution in [0, 0.1) is 6.92 Å². The van der Waals surface area contributed by atoms with Crippen molar-refractivity contribution in [3.8, 4) is 0 Å². The van der Waals surface area contributed by atoms with E-state index in [1.54, 1.807) is 0 Å². The van der Waals surface area contributed by atoms with Crippen LogP contribution in [0.4, 0.5) is 0 Å². The van der Waals surface area contributed by atoms with Gasteiger partial charge in [0.25, 0.3) is 0 Å². The average Bonchev–Trinajstić information content (AvgIpc) is 3.00. The normalized spacial score (nSPS) is 16.4. The second kappa shape index (κ2) is 6.77. The zero-order valence-corrected chi connectivity index (χ0v) is 14.7. The molecular weight excluding hydrogens is 302 g/mol. The molecule has 24 heavy (non-hydrogen) atoms. The highest BCUT2D eigenvalue weighted by atomic mass is 16.5. The summed E-state index contributed by atoms with van der Waals surface area (Å²) in [4.78, 5) is 17.3. The summed E-state index contributed by atoms with van der Waals surface area (Å²) >= 11 is 0. The molecule has 2 heterocycles. The van der Waals surface area contributed by atoms with Crippen molar-refractivity contribution in [1.29, 1.82) is 0 Å². The Morgan fingerprint density at radius 2 is 1.83 bits per heavy atom. The van der Waals surface area contributed by atoms with E-state index in [9.17, 15) is 4.79 Å². The number of carbonyl (C=O) groups excluding carboxylic acids is 1. The summed E-state index contributed by atoms with van der Waals surface area (Å²) in [6.45, 7) is 9.92. The number of aryl methyl sites for hydroxylation is 1. The van der Waals surface area contributed by atoms with Gasteiger partial charge in [-0.05, 0) is 26.3 Å². The number of rotatable bonds is 4. The Morgan fingerprint density at radius 3 is 2.42 bits per heavy atom. The molecule has 0 bridgehead atoms. The molecule has 5 nitrogen and oxygen atoms in total. The lowest BCUT2D eigenvalue weighted by molar-refractivity contribution is -0.138. The number of carbonyl (C=O) groups is 1. The lowest BCUT2D eigenvalue weighted by atomic mass is 9.83. The number of hydrogen-bond acceptors (Lipinski definition) is 4. The minimum Gasteiger partial charge on any atom is -0.360 e. The van der Waals surface area contributed by atoms with Crippen molar-refractivity contribution in [3.63, 3.8) is 0 Å². The quantitative estimate of drug-likeness (QED) is 0.866. The Morgan fingerprint density at radius 1 is 1.17 bits per heavy atom. The molecule has 1 aromatic carbocycles. The Balaban J connectivity index is 1.59. The van der Waals surface area contributed by atoms with Gasteiger partial charge in [-0.15, -0.1) is 0 Å². The van der Waals surface area contributed by atoms with Gasteiger partial charge in [0, 0.05) is 32.2 Å². The predicted octanol–water partition coefficient (Wildman–Crippen LogP) is 2.61. The van der Waals surface area contributed by atoms with Crippen LogP contribution in [0.15, 0.2) is 40.9 Å². The van der Waals surface area contributed by atoms with Crippen molar-refractivity contribution in [2.75, 3.05) is 26.2 Å².